The van der Waals surface area contributed by atoms with Crippen LogP contribution in [0.1, 0.15) is 40.4 Å². The average molecular weight is 247 g/mol. The molecular formula is C15H19NO2. The van der Waals surface area contributed by atoms with Crippen molar-refractivity contribution in [3.8, 4) is 0 Å². The van der Waals surface area contributed by atoms with Gasteiger partial charge < -0.3 is 0 Å². The zero-order chi connectivity index (χ0) is 14.6. The zero-order valence-electron chi connectivity index (χ0n) is 12.4. The van der Waals surface area contributed by atoms with Gasteiger partial charge in [0.2, 0.25) is 11.8 Å². The Morgan fingerprint density at radius 1 is 1.28 bits per heavy atom. The van der Waals surface area contributed by atoms with E-state index in [4.69, 9.17) is 2.74 Å². The third-order valence-electron chi connectivity index (χ3n) is 3.07. The third-order valence-corrected chi connectivity index (χ3v) is 3.07. The molecule has 1 heterocycles. The number of rotatable bonds is 4. The van der Waals surface area contributed by atoms with Crippen LogP contribution in [0.2, 0.25) is 0 Å². The van der Waals surface area contributed by atoms with Crippen molar-refractivity contribution in [3.63, 3.8) is 0 Å². The van der Waals surface area contributed by atoms with Gasteiger partial charge in [-0.1, -0.05) is 30.3 Å². The highest BCUT2D eigenvalue weighted by Crippen LogP contribution is 2.13. The molecule has 2 rings (SSSR count). The molecule has 3 nitrogen and oxygen atoms in total. The van der Waals surface area contributed by atoms with Crippen LogP contribution in [0.5, 0.6) is 0 Å². The summed E-state index contributed by atoms with van der Waals surface area (Å²) in [6.07, 6.45) is 0.733. The van der Waals surface area contributed by atoms with Crippen LogP contribution in [0, 0.1) is 0 Å². The Balaban J connectivity index is 1.94. The van der Waals surface area contributed by atoms with Crippen molar-refractivity contribution >= 4 is 11.8 Å². The van der Waals surface area contributed by atoms with E-state index in [0.717, 1.165) is 12.8 Å². The van der Waals surface area contributed by atoms with Gasteiger partial charge in [0.1, 0.15) is 0 Å². The number of imide groups is 1. The number of aryl methyl sites for hydroxylation is 1. The molecule has 0 aromatic heterocycles. The molecule has 0 saturated carbocycles. The first kappa shape index (κ1) is 10.3. The standard InChI is InChI=1S/C15H19NO2/c17-14-10-4-5-12-16(14)15(18)11-6-9-13-7-2-1-3-8-13/h1-3,7-8H,4-6,9-12H2/i9D2. The Hall–Kier alpha value is -1.64. The number of carbonyl (C=O) groups is 2. The van der Waals surface area contributed by atoms with Gasteiger partial charge in [-0.3, -0.25) is 14.5 Å². The molecule has 0 N–H and O–H groups in total. The van der Waals surface area contributed by atoms with E-state index in [1.54, 1.807) is 24.3 Å². The summed E-state index contributed by atoms with van der Waals surface area (Å²) in [6.45, 7) is 0.478. The van der Waals surface area contributed by atoms with Crippen LogP contribution in [-0.4, -0.2) is 23.3 Å². The average Bonchev–Trinajstić information content (AvgIpc) is 2.46. The molecule has 3 heteroatoms. The van der Waals surface area contributed by atoms with Gasteiger partial charge in [0.05, 0.1) is 0 Å². The van der Waals surface area contributed by atoms with E-state index < -0.39 is 6.37 Å². The normalized spacial score (nSPS) is 18.2. The van der Waals surface area contributed by atoms with Crippen molar-refractivity contribution in [2.45, 2.75) is 38.5 Å². The lowest BCUT2D eigenvalue weighted by atomic mass is 10.1. The van der Waals surface area contributed by atoms with Crippen LogP contribution in [0.4, 0.5) is 0 Å². The van der Waals surface area contributed by atoms with Crippen LogP contribution >= 0.6 is 0 Å². The van der Waals surface area contributed by atoms with Gasteiger partial charge in [-0.05, 0) is 31.2 Å². The molecule has 0 bridgehead atoms. The van der Waals surface area contributed by atoms with E-state index in [2.05, 4.69) is 0 Å². The summed E-state index contributed by atoms with van der Waals surface area (Å²) >= 11 is 0. The second-order valence-electron chi connectivity index (χ2n) is 4.44. The molecule has 1 aromatic carbocycles. The summed E-state index contributed by atoms with van der Waals surface area (Å²) in [5, 5.41) is 0. The minimum Gasteiger partial charge on any atom is -0.283 e. The molecule has 1 aliphatic rings. The van der Waals surface area contributed by atoms with E-state index in [9.17, 15) is 9.59 Å². The summed E-state index contributed by atoms with van der Waals surface area (Å²) in [7, 11) is 0. The number of piperidine rings is 1. The van der Waals surface area contributed by atoms with Crippen molar-refractivity contribution in [1.82, 2.24) is 4.90 Å². The second-order valence-corrected chi connectivity index (χ2v) is 4.44. The highest BCUT2D eigenvalue weighted by atomic mass is 16.2. The quantitative estimate of drug-likeness (QED) is 0.820. The number of benzene rings is 1. The topological polar surface area (TPSA) is 37.4 Å². The maximum absolute atomic E-state index is 12.0. The van der Waals surface area contributed by atoms with Gasteiger partial charge in [0, 0.05) is 22.1 Å². The molecular weight excluding hydrogens is 226 g/mol. The Morgan fingerprint density at radius 2 is 2.06 bits per heavy atom. The number of carbonyl (C=O) groups excluding carboxylic acids is 2. The number of likely N-dealkylation sites (tertiary alicyclic amines) is 1. The summed E-state index contributed by atoms with van der Waals surface area (Å²) in [5.74, 6) is -0.379. The molecule has 1 aromatic rings. The molecule has 0 atom stereocenters. The predicted molar refractivity (Wildman–Crippen MR) is 70.0 cm³/mol. The Kier molecular flexibility index (Phi) is 3.62. The van der Waals surface area contributed by atoms with Gasteiger partial charge in [0.25, 0.3) is 0 Å². The van der Waals surface area contributed by atoms with Gasteiger partial charge >= 0.3 is 0 Å². The maximum atomic E-state index is 12.0. The van der Waals surface area contributed by atoms with E-state index in [-0.39, 0.29) is 24.7 Å². The van der Waals surface area contributed by atoms with Crippen LogP contribution in [0.25, 0.3) is 0 Å². The lowest BCUT2D eigenvalue weighted by Gasteiger charge is -2.24. The maximum Gasteiger partial charge on any atom is 0.229 e. The monoisotopic (exact) mass is 247 g/mol. The number of hydrogen-bond donors (Lipinski definition) is 0. The van der Waals surface area contributed by atoms with Crippen molar-refractivity contribution in [2.75, 3.05) is 6.54 Å². The first-order valence-electron chi connectivity index (χ1n) is 7.39. The fourth-order valence-electron chi connectivity index (χ4n) is 2.07. The van der Waals surface area contributed by atoms with Crippen LogP contribution < -0.4 is 0 Å². The predicted octanol–water partition coefficient (Wildman–Crippen LogP) is 2.55. The fourth-order valence-corrected chi connectivity index (χ4v) is 2.07. The Bertz CT molecular complexity index is 488. The molecule has 2 amide bonds. The minimum absolute atomic E-state index is 0.0631. The third kappa shape index (κ3) is 3.42. The van der Waals surface area contributed by atoms with Crippen LogP contribution in [-0.2, 0) is 16.0 Å². The molecule has 0 spiro atoms. The molecule has 96 valence electrons. The van der Waals surface area contributed by atoms with E-state index in [0.29, 0.717) is 18.5 Å². The van der Waals surface area contributed by atoms with E-state index >= 15 is 0 Å². The first-order valence-corrected chi connectivity index (χ1v) is 6.39. The molecule has 0 aliphatic carbocycles. The molecule has 1 fully saturated rings. The van der Waals surface area contributed by atoms with E-state index in [1.807, 2.05) is 6.07 Å². The first-order chi connectivity index (χ1) is 9.50. The Morgan fingerprint density at radius 3 is 2.78 bits per heavy atom. The van der Waals surface area contributed by atoms with Crippen molar-refractivity contribution < 1.29 is 12.3 Å². The van der Waals surface area contributed by atoms with Gasteiger partial charge in [-0.25, -0.2) is 0 Å². The minimum atomic E-state index is -1.55. The van der Waals surface area contributed by atoms with Crippen LogP contribution in [0.15, 0.2) is 30.3 Å². The van der Waals surface area contributed by atoms with Gasteiger partial charge in [-0.15, -0.1) is 0 Å². The SMILES string of the molecule is [2H]C([2H])(CCC(=O)N1CCCCC1=O)c1ccccc1. The highest BCUT2D eigenvalue weighted by Gasteiger charge is 2.23. The molecule has 0 radical (unpaired) electrons. The number of nitrogens with zero attached hydrogens (tertiary/aromatic N) is 1. The molecule has 18 heavy (non-hydrogen) atoms. The summed E-state index contributed by atoms with van der Waals surface area (Å²) in [6, 6.07) is 8.83. The van der Waals surface area contributed by atoms with Crippen molar-refractivity contribution in [2.24, 2.45) is 0 Å². The number of amides is 2. The molecule has 1 saturated heterocycles. The smallest absolute Gasteiger partial charge is 0.229 e. The highest BCUT2D eigenvalue weighted by molar-refractivity contribution is 5.95. The lowest BCUT2D eigenvalue weighted by molar-refractivity contribution is -0.146. The lowest BCUT2D eigenvalue weighted by Crippen LogP contribution is -2.40. The van der Waals surface area contributed by atoms with Gasteiger partial charge in [-0.2, -0.15) is 0 Å². The number of hydrogen-bond acceptors (Lipinski definition) is 2. The fraction of sp³-hybridized carbons (Fsp3) is 0.467. The second kappa shape index (κ2) is 6.34. The van der Waals surface area contributed by atoms with Crippen molar-refractivity contribution in [3.05, 3.63) is 35.9 Å². The van der Waals surface area contributed by atoms with Crippen molar-refractivity contribution in [1.29, 1.82) is 0 Å². The summed E-state index contributed by atoms with van der Waals surface area (Å²) < 4.78 is 16.1. The largest absolute Gasteiger partial charge is 0.283 e. The molecule has 0 unspecified atom stereocenters. The van der Waals surface area contributed by atoms with Crippen LogP contribution in [0.3, 0.4) is 0 Å². The summed E-state index contributed by atoms with van der Waals surface area (Å²) in [4.78, 5) is 24.9. The van der Waals surface area contributed by atoms with Gasteiger partial charge in [0.15, 0.2) is 0 Å². The summed E-state index contributed by atoms with van der Waals surface area (Å²) in [5.41, 5.74) is 0.567. The molecule has 1 aliphatic heterocycles. The zero-order valence-corrected chi connectivity index (χ0v) is 10.4. The van der Waals surface area contributed by atoms with E-state index in [1.165, 1.54) is 4.90 Å². The Labute approximate surface area is 111 Å².